The minimum Gasteiger partial charge on any atom is -0.355 e. The number of thiophene rings is 1. The van der Waals surface area contributed by atoms with Crippen molar-refractivity contribution in [2.75, 3.05) is 32.7 Å². The average Bonchev–Trinajstić information content (AvgIpc) is 3.18. The molecule has 2 saturated heterocycles. The van der Waals surface area contributed by atoms with Crippen molar-refractivity contribution in [2.24, 2.45) is 11.8 Å². The van der Waals surface area contributed by atoms with Crippen LogP contribution in [0, 0.1) is 11.8 Å². The second-order valence-corrected chi connectivity index (χ2v) is 7.29. The number of piperidine rings is 1. The van der Waals surface area contributed by atoms with Crippen LogP contribution in [0.1, 0.15) is 24.1 Å². The number of nitrogens with zero attached hydrogens (tertiary/aromatic N) is 1. The fourth-order valence-corrected chi connectivity index (χ4v) is 4.10. The fraction of sp³-hybridized carbons (Fsp3) is 0.688. The Labute approximate surface area is 130 Å². The molecule has 0 spiro atoms. The number of carbonyl (C=O) groups excluding carboxylic acids is 1. The van der Waals surface area contributed by atoms with Crippen LogP contribution in [0.3, 0.4) is 0 Å². The van der Waals surface area contributed by atoms with Crippen LogP contribution in [-0.4, -0.2) is 43.5 Å². The minimum absolute atomic E-state index is 0.191. The number of carbonyl (C=O) groups is 1. The Morgan fingerprint density at radius 2 is 2.43 bits per heavy atom. The zero-order valence-corrected chi connectivity index (χ0v) is 13.3. The zero-order chi connectivity index (χ0) is 14.5. The Kier molecular flexibility index (Phi) is 5.27. The molecule has 0 aliphatic carbocycles. The third-order valence-electron chi connectivity index (χ3n) is 4.56. The Balaban J connectivity index is 1.42. The van der Waals surface area contributed by atoms with Gasteiger partial charge in [-0.25, -0.2) is 0 Å². The standard InChI is InChI=1S/C16H25N3OS/c20-16(14-5-6-17-10-14)18-9-13-3-1-7-19(11-13)12-15-4-2-8-21-15/h2,4,8,13-14,17H,1,3,5-7,9-12H2,(H,18,20). The van der Waals surface area contributed by atoms with Gasteiger partial charge in [0.1, 0.15) is 0 Å². The van der Waals surface area contributed by atoms with Gasteiger partial charge in [-0.05, 0) is 49.7 Å². The third-order valence-corrected chi connectivity index (χ3v) is 5.42. The zero-order valence-electron chi connectivity index (χ0n) is 12.5. The highest BCUT2D eigenvalue weighted by Crippen LogP contribution is 2.20. The number of hydrogen-bond donors (Lipinski definition) is 2. The first-order valence-electron chi connectivity index (χ1n) is 8.04. The van der Waals surface area contributed by atoms with Crippen molar-refractivity contribution in [1.29, 1.82) is 0 Å². The van der Waals surface area contributed by atoms with E-state index >= 15 is 0 Å². The lowest BCUT2D eigenvalue weighted by Crippen LogP contribution is -2.42. The van der Waals surface area contributed by atoms with Crippen LogP contribution in [0.2, 0.25) is 0 Å². The summed E-state index contributed by atoms with van der Waals surface area (Å²) in [5.41, 5.74) is 0. The minimum atomic E-state index is 0.191. The van der Waals surface area contributed by atoms with Crippen molar-refractivity contribution >= 4 is 17.2 Å². The van der Waals surface area contributed by atoms with Crippen LogP contribution in [0.25, 0.3) is 0 Å². The van der Waals surface area contributed by atoms with Crippen LogP contribution in [0.15, 0.2) is 17.5 Å². The fourth-order valence-electron chi connectivity index (χ4n) is 3.35. The van der Waals surface area contributed by atoms with Crippen LogP contribution >= 0.6 is 11.3 Å². The summed E-state index contributed by atoms with van der Waals surface area (Å²) in [5.74, 6) is 1.04. The molecule has 2 aliphatic rings. The predicted molar refractivity (Wildman–Crippen MR) is 86.3 cm³/mol. The van der Waals surface area contributed by atoms with Gasteiger partial charge in [0.2, 0.25) is 5.91 Å². The van der Waals surface area contributed by atoms with Crippen molar-refractivity contribution in [2.45, 2.75) is 25.8 Å². The Hall–Kier alpha value is -0.910. The lowest BCUT2D eigenvalue weighted by atomic mass is 9.97. The Morgan fingerprint density at radius 1 is 1.48 bits per heavy atom. The number of likely N-dealkylation sites (tertiary alicyclic amines) is 1. The molecule has 0 radical (unpaired) electrons. The normalized spacial score (nSPS) is 26.9. The smallest absolute Gasteiger partial charge is 0.224 e. The van der Waals surface area contributed by atoms with Gasteiger partial charge < -0.3 is 10.6 Å². The average molecular weight is 307 g/mol. The molecule has 2 aliphatic heterocycles. The molecule has 4 nitrogen and oxygen atoms in total. The van der Waals surface area contributed by atoms with Crippen LogP contribution in [0.5, 0.6) is 0 Å². The molecule has 5 heteroatoms. The first kappa shape index (κ1) is 15.0. The molecule has 0 bridgehead atoms. The summed E-state index contributed by atoms with van der Waals surface area (Å²) in [6, 6.07) is 4.33. The molecule has 1 aromatic rings. The molecular weight excluding hydrogens is 282 g/mol. The molecule has 21 heavy (non-hydrogen) atoms. The number of nitrogens with one attached hydrogen (secondary N) is 2. The van der Waals surface area contributed by atoms with Crippen LogP contribution in [0.4, 0.5) is 0 Å². The SMILES string of the molecule is O=C(NCC1CCCN(Cc2cccs2)C1)C1CCNC1. The number of amides is 1. The van der Waals surface area contributed by atoms with Crippen LogP contribution < -0.4 is 10.6 Å². The molecule has 3 rings (SSSR count). The highest BCUT2D eigenvalue weighted by molar-refractivity contribution is 7.09. The summed E-state index contributed by atoms with van der Waals surface area (Å²) in [7, 11) is 0. The van der Waals surface area contributed by atoms with E-state index in [0.29, 0.717) is 5.92 Å². The summed E-state index contributed by atoms with van der Waals surface area (Å²) in [5, 5.41) is 8.57. The molecular formula is C16H25N3OS. The summed E-state index contributed by atoms with van der Waals surface area (Å²) < 4.78 is 0. The lowest BCUT2D eigenvalue weighted by molar-refractivity contribution is -0.124. The molecule has 0 aromatic carbocycles. The first-order chi connectivity index (χ1) is 10.3. The number of hydrogen-bond acceptors (Lipinski definition) is 4. The van der Waals surface area contributed by atoms with Crippen molar-refractivity contribution in [1.82, 2.24) is 15.5 Å². The predicted octanol–water partition coefficient (Wildman–Crippen LogP) is 1.69. The largest absolute Gasteiger partial charge is 0.355 e. The van der Waals surface area contributed by atoms with E-state index in [0.717, 1.165) is 39.1 Å². The quantitative estimate of drug-likeness (QED) is 0.870. The molecule has 1 amide bonds. The van der Waals surface area contributed by atoms with Crippen molar-refractivity contribution in [3.63, 3.8) is 0 Å². The Morgan fingerprint density at radius 3 is 3.19 bits per heavy atom. The molecule has 1 aromatic heterocycles. The summed E-state index contributed by atoms with van der Waals surface area (Å²) in [4.78, 5) is 16.0. The van der Waals surface area contributed by atoms with E-state index in [1.54, 1.807) is 0 Å². The molecule has 2 N–H and O–H groups in total. The highest BCUT2D eigenvalue weighted by Gasteiger charge is 2.24. The van der Waals surface area contributed by atoms with E-state index in [-0.39, 0.29) is 11.8 Å². The number of rotatable bonds is 5. The van der Waals surface area contributed by atoms with E-state index in [4.69, 9.17) is 0 Å². The summed E-state index contributed by atoms with van der Waals surface area (Å²) >= 11 is 1.83. The molecule has 116 valence electrons. The Bertz CT molecular complexity index is 442. The van der Waals surface area contributed by atoms with E-state index < -0.39 is 0 Å². The maximum Gasteiger partial charge on any atom is 0.224 e. The van der Waals surface area contributed by atoms with E-state index in [1.807, 2.05) is 11.3 Å². The molecule has 3 heterocycles. The van der Waals surface area contributed by atoms with Gasteiger partial charge in [-0.2, -0.15) is 0 Å². The first-order valence-corrected chi connectivity index (χ1v) is 8.92. The molecule has 2 atom stereocenters. The van der Waals surface area contributed by atoms with Crippen LogP contribution in [-0.2, 0) is 11.3 Å². The molecule has 0 saturated carbocycles. The van der Waals surface area contributed by atoms with Gasteiger partial charge in [0, 0.05) is 31.1 Å². The van der Waals surface area contributed by atoms with E-state index in [2.05, 4.69) is 33.0 Å². The van der Waals surface area contributed by atoms with E-state index in [9.17, 15) is 4.79 Å². The second-order valence-electron chi connectivity index (χ2n) is 6.26. The monoisotopic (exact) mass is 307 g/mol. The van der Waals surface area contributed by atoms with Crippen molar-refractivity contribution in [3.8, 4) is 0 Å². The molecule has 2 unspecified atom stereocenters. The third kappa shape index (κ3) is 4.28. The van der Waals surface area contributed by atoms with Crippen molar-refractivity contribution in [3.05, 3.63) is 22.4 Å². The van der Waals surface area contributed by atoms with Gasteiger partial charge in [0.15, 0.2) is 0 Å². The van der Waals surface area contributed by atoms with Gasteiger partial charge in [-0.1, -0.05) is 6.07 Å². The lowest BCUT2D eigenvalue weighted by Gasteiger charge is -2.32. The second kappa shape index (κ2) is 7.38. The maximum atomic E-state index is 12.1. The van der Waals surface area contributed by atoms with E-state index in [1.165, 1.54) is 24.3 Å². The summed E-state index contributed by atoms with van der Waals surface area (Å²) in [6.45, 7) is 6.04. The highest BCUT2D eigenvalue weighted by atomic mass is 32.1. The molecule has 2 fully saturated rings. The van der Waals surface area contributed by atoms with Gasteiger partial charge in [0.25, 0.3) is 0 Å². The topological polar surface area (TPSA) is 44.4 Å². The maximum absolute atomic E-state index is 12.1. The van der Waals surface area contributed by atoms with Crippen molar-refractivity contribution < 1.29 is 4.79 Å². The van der Waals surface area contributed by atoms with Gasteiger partial charge in [-0.15, -0.1) is 11.3 Å². The van der Waals surface area contributed by atoms with Gasteiger partial charge >= 0.3 is 0 Å². The van der Waals surface area contributed by atoms with Gasteiger partial charge in [-0.3, -0.25) is 9.69 Å². The summed E-state index contributed by atoms with van der Waals surface area (Å²) in [6.07, 6.45) is 3.47. The van der Waals surface area contributed by atoms with Gasteiger partial charge in [0.05, 0.1) is 5.92 Å².